The summed E-state index contributed by atoms with van der Waals surface area (Å²) in [5.74, 6) is 0.495. The van der Waals surface area contributed by atoms with Crippen LogP contribution in [-0.2, 0) is 23.1 Å². The number of anilines is 2. The van der Waals surface area contributed by atoms with E-state index < -0.39 is 20.4 Å². The van der Waals surface area contributed by atoms with Crippen molar-refractivity contribution in [2.45, 2.75) is 68.9 Å². The first kappa shape index (κ1) is 27.1. The summed E-state index contributed by atoms with van der Waals surface area (Å²) < 4.78 is 67.7. The van der Waals surface area contributed by atoms with Gasteiger partial charge in [0.25, 0.3) is 0 Å². The van der Waals surface area contributed by atoms with Crippen molar-refractivity contribution in [3.63, 3.8) is 0 Å². The van der Waals surface area contributed by atoms with Crippen LogP contribution < -0.4 is 10.6 Å². The van der Waals surface area contributed by atoms with Gasteiger partial charge in [-0.15, -0.1) is 11.8 Å². The average Bonchev–Trinajstić information content (AvgIpc) is 3.29. The number of fused-ring (bicyclic) bond motifs is 1. The number of sulfonamides is 1. The molecule has 0 spiro atoms. The van der Waals surface area contributed by atoms with E-state index in [1.165, 1.54) is 11.8 Å². The zero-order valence-corrected chi connectivity index (χ0v) is 22.2. The number of nitrogens with zero attached hydrogens (tertiary/aromatic N) is 3. The van der Waals surface area contributed by atoms with Gasteiger partial charge in [-0.3, -0.25) is 4.98 Å². The first-order valence-electron chi connectivity index (χ1n) is 12.1. The largest absolute Gasteiger partial charge is 0.511 e. The lowest BCUT2D eigenvalue weighted by Gasteiger charge is -2.45. The van der Waals surface area contributed by atoms with Crippen molar-refractivity contribution in [1.29, 1.82) is 0 Å². The molecule has 1 aromatic heterocycles. The van der Waals surface area contributed by atoms with Crippen LogP contribution in [-0.4, -0.2) is 40.9 Å². The van der Waals surface area contributed by atoms with Crippen LogP contribution in [0.5, 0.6) is 0 Å². The van der Waals surface area contributed by atoms with E-state index in [0.717, 1.165) is 43.4 Å². The highest BCUT2D eigenvalue weighted by Crippen LogP contribution is 2.46. The summed E-state index contributed by atoms with van der Waals surface area (Å²) in [5, 5.41) is 0. The highest BCUT2D eigenvalue weighted by Gasteiger charge is 2.54. The maximum Gasteiger partial charge on any atom is 0.511 e. The molecule has 1 unspecified atom stereocenters. The smallest absolute Gasteiger partial charge is 0.399 e. The van der Waals surface area contributed by atoms with Crippen molar-refractivity contribution < 1.29 is 21.6 Å². The lowest BCUT2D eigenvalue weighted by atomic mass is 9.96. The van der Waals surface area contributed by atoms with Crippen LogP contribution in [0.1, 0.15) is 55.3 Å². The molecule has 11 heteroatoms. The van der Waals surface area contributed by atoms with Gasteiger partial charge in [-0.25, -0.2) is 8.42 Å². The standard InChI is InChI=1S/C25H33F3N4O2S2/c1-18-6-5-9-23-22(18)16-31(36(33,34)25(26,27)28)17-24(35-2,12-10-19-7-3-4-8-19)32(23)15-21-14-20(29)11-13-30-21/h5-6,9,11,13-14,19H,3-4,7-8,10,12,15-17H2,1-2H3,(H2,29,30). The van der Waals surface area contributed by atoms with E-state index in [4.69, 9.17) is 5.73 Å². The van der Waals surface area contributed by atoms with Gasteiger partial charge in [-0.05, 0) is 61.3 Å². The normalized spacial score (nSPS) is 22.0. The molecule has 1 aliphatic heterocycles. The highest BCUT2D eigenvalue weighted by molar-refractivity contribution is 8.00. The SMILES string of the molecule is CSC1(CCC2CCCC2)CN(S(=O)(=O)C(F)(F)F)Cc2c(C)cccc2N1Cc1cc(N)ccn1. The maximum atomic E-state index is 13.8. The summed E-state index contributed by atoms with van der Waals surface area (Å²) in [6, 6.07) is 8.98. The topological polar surface area (TPSA) is 79.5 Å². The van der Waals surface area contributed by atoms with Crippen molar-refractivity contribution in [1.82, 2.24) is 9.29 Å². The molecule has 198 valence electrons. The fourth-order valence-electron chi connectivity index (χ4n) is 5.47. The molecule has 1 aliphatic carbocycles. The minimum atomic E-state index is -5.55. The van der Waals surface area contributed by atoms with Crippen molar-refractivity contribution in [3.05, 3.63) is 53.3 Å². The van der Waals surface area contributed by atoms with Gasteiger partial charge in [0.05, 0.1) is 17.1 Å². The predicted octanol–water partition coefficient (Wildman–Crippen LogP) is 5.67. The summed E-state index contributed by atoms with van der Waals surface area (Å²) in [6.07, 6.45) is 9.35. The second-order valence-corrected chi connectivity index (χ2v) is 12.9. The number of benzene rings is 1. The number of halogens is 3. The summed E-state index contributed by atoms with van der Waals surface area (Å²) >= 11 is 1.41. The predicted molar refractivity (Wildman–Crippen MR) is 139 cm³/mol. The van der Waals surface area contributed by atoms with E-state index in [9.17, 15) is 21.6 Å². The average molecular weight is 543 g/mol. The zero-order valence-electron chi connectivity index (χ0n) is 20.6. The second-order valence-electron chi connectivity index (χ2n) is 9.80. The fourth-order valence-corrected chi connectivity index (χ4v) is 7.52. The van der Waals surface area contributed by atoms with Gasteiger partial charge in [0.2, 0.25) is 0 Å². The Hall–Kier alpha value is -1.98. The van der Waals surface area contributed by atoms with Crippen LogP contribution >= 0.6 is 11.8 Å². The van der Waals surface area contributed by atoms with E-state index >= 15 is 0 Å². The van der Waals surface area contributed by atoms with Crippen LogP contribution in [0.4, 0.5) is 24.5 Å². The van der Waals surface area contributed by atoms with Crippen molar-refractivity contribution in [2.75, 3.05) is 23.4 Å². The number of aromatic nitrogens is 1. The second kappa shape index (κ2) is 10.4. The Morgan fingerprint density at radius 1 is 1.22 bits per heavy atom. The Bertz CT molecular complexity index is 1190. The number of rotatable bonds is 7. The molecule has 1 atom stereocenters. The first-order valence-corrected chi connectivity index (χ1v) is 14.8. The zero-order chi connectivity index (χ0) is 26.1. The summed E-state index contributed by atoms with van der Waals surface area (Å²) in [7, 11) is -5.55. The number of hydrogen-bond donors (Lipinski definition) is 1. The lowest BCUT2D eigenvalue weighted by Crippen LogP contribution is -2.54. The third-order valence-electron chi connectivity index (χ3n) is 7.52. The van der Waals surface area contributed by atoms with Gasteiger partial charge in [0, 0.05) is 30.7 Å². The number of thioether (sulfide) groups is 1. The minimum absolute atomic E-state index is 0.279. The number of nitrogens with two attached hydrogens (primary N) is 1. The molecule has 4 rings (SSSR count). The molecular formula is C25H33F3N4O2S2. The molecule has 2 heterocycles. The maximum absolute atomic E-state index is 13.8. The molecule has 1 aromatic carbocycles. The van der Waals surface area contributed by atoms with E-state index in [-0.39, 0.29) is 13.1 Å². The molecule has 0 amide bonds. The molecule has 6 nitrogen and oxygen atoms in total. The van der Waals surface area contributed by atoms with E-state index in [1.54, 1.807) is 31.3 Å². The molecule has 2 aromatic rings. The quantitative estimate of drug-likeness (QED) is 0.485. The van der Waals surface area contributed by atoms with Gasteiger partial charge in [-0.1, -0.05) is 37.8 Å². The van der Waals surface area contributed by atoms with Crippen molar-refractivity contribution in [2.24, 2.45) is 5.92 Å². The Labute approximate surface area is 215 Å². The van der Waals surface area contributed by atoms with Crippen molar-refractivity contribution in [3.8, 4) is 0 Å². The van der Waals surface area contributed by atoms with Crippen LogP contribution in [0.2, 0.25) is 0 Å². The molecule has 2 N–H and O–H groups in total. The number of aryl methyl sites for hydroxylation is 1. The Balaban J connectivity index is 1.87. The lowest BCUT2D eigenvalue weighted by molar-refractivity contribution is -0.0493. The number of hydrogen-bond acceptors (Lipinski definition) is 6. The monoisotopic (exact) mass is 542 g/mol. The van der Waals surface area contributed by atoms with Crippen LogP contribution in [0.25, 0.3) is 0 Å². The highest BCUT2D eigenvalue weighted by atomic mass is 32.2. The van der Waals surface area contributed by atoms with E-state index in [0.29, 0.717) is 40.1 Å². The molecular weight excluding hydrogens is 509 g/mol. The number of pyridine rings is 1. The van der Waals surface area contributed by atoms with E-state index in [1.807, 2.05) is 18.4 Å². The molecule has 0 radical (unpaired) electrons. The third-order valence-corrected chi connectivity index (χ3v) is 10.4. The molecule has 0 saturated heterocycles. The van der Waals surface area contributed by atoms with Gasteiger partial charge < -0.3 is 10.6 Å². The fraction of sp³-hybridized carbons (Fsp3) is 0.560. The molecule has 1 saturated carbocycles. The van der Waals surface area contributed by atoms with Crippen molar-refractivity contribution >= 4 is 33.2 Å². The summed E-state index contributed by atoms with van der Waals surface area (Å²) in [6.45, 7) is 1.49. The minimum Gasteiger partial charge on any atom is -0.399 e. The molecule has 2 aliphatic rings. The Morgan fingerprint density at radius 2 is 1.94 bits per heavy atom. The Kier molecular flexibility index (Phi) is 7.83. The van der Waals surface area contributed by atoms with Gasteiger partial charge in [0.15, 0.2) is 0 Å². The molecule has 1 fully saturated rings. The van der Waals surface area contributed by atoms with Crippen LogP contribution in [0.3, 0.4) is 0 Å². The number of alkyl halides is 3. The van der Waals surface area contributed by atoms with Gasteiger partial charge in [0.1, 0.15) is 0 Å². The molecule has 36 heavy (non-hydrogen) atoms. The first-order chi connectivity index (χ1) is 17.0. The summed E-state index contributed by atoms with van der Waals surface area (Å²) in [4.78, 5) is 5.61. The number of nitrogen functional groups attached to an aromatic ring is 1. The van der Waals surface area contributed by atoms with E-state index in [2.05, 4.69) is 9.88 Å². The Morgan fingerprint density at radius 3 is 2.58 bits per heavy atom. The van der Waals surface area contributed by atoms with Crippen LogP contribution in [0, 0.1) is 12.8 Å². The third kappa shape index (κ3) is 5.33. The summed E-state index contributed by atoms with van der Waals surface area (Å²) in [5.41, 5.74) is 3.90. The van der Waals surface area contributed by atoms with Gasteiger partial charge >= 0.3 is 15.5 Å². The van der Waals surface area contributed by atoms with Gasteiger partial charge in [-0.2, -0.15) is 17.5 Å². The van der Waals surface area contributed by atoms with Crippen LogP contribution in [0.15, 0.2) is 36.5 Å². The molecule has 0 bridgehead atoms.